The maximum absolute atomic E-state index is 6.43. The van der Waals surface area contributed by atoms with Crippen molar-refractivity contribution in [2.45, 2.75) is 71.4 Å². The van der Waals surface area contributed by atoms with E-state index in [4.69, 9.17) is 5.73 Å². The number of nitrogens with two attached hydrogens (primary N) is 1. The van der Waals surface area contributed by atoms with Crippen LogP contribution in [0.2, 0.25) is 0 Å². The fraction of sp³-hybridized carbons (Fsp3) is 1.00. The van der Waals surface area contributed by atoms with Crippen molar-refractivity contribution >= 4 is 0 Å². The summed E-state index contributed by atoms with van der Waals surface area (Å²) in [4.78, 5) is 2.61. The maximum atomic E-state index is 6.43. The Morgan fingerprint density at radius 2 is 1.72 bits per heavy atom. The van der Waals surface area contributed by atoms with Crippen molar-refractivity contribution in [1.29, 1.82) is 0 Å². The van der Waals surface area contributed by atoms with Crippen molar-refractivity contribution in [3.63, 3.8) is 0 Å². The Kier molecular flexibility index (Phi) is 4.38. The fourth-order valence-electron chi connectivity index (χ4n) is 3.95. The van der Waals surface area contributed by atoms with Crippen LogP contribution in [0, 0.1) is 17.3 Å². The van der Waals surface area contributed by atoms with Gasteiger partial charge in [0.25, 0.3) is 0 Å². The maximum Gasteiger partial charge on any atom is 0.0131 e. The van der Waals surface area contributed by atoms with E-state index in [-0.39, 0.29) is 0 Å². The van der Waals surface area contributed by atoms with Crippen LogP contribution >= 0.6 is 0 Å². The average molecular weight is 252 g/mol. The van der Waals surface area contributed by atoms with Crippen LogP contribution in [0.1, 0.15) is 59.3 Å². The molecule has 2 heteroatoms. The third kappa shape index (κ3) is 3.08. The Balaban J connectivity index is 1.83. The van der Waals surface area contributed by atoms with Crippen LogP contribution in [0.5, 0.6) is 0 Å². The van der Waals surface area contributed by atoms with Crippen molar-refractivity contribution in [2.24, 2.45) is 23.0 Å². The smallest absolute Gasteiger partial charge is 0.0131 e. The number of rotatable bonds is 3. The van der Waals surface area contributed by atoms with Crippen LogP contribution in [-0.4, -0.2) is 30.6 Å². The van der Waals surface area contributed by atoms with Gasteiger partial charge in [0.15, 0.2) is 0 Å². The van der Waals surface area contributed by atoms with E-state index < -0.39 is 0 Å². The van der Waals surface area contributed by atoms with Crippen LogP contribution < -0.4 is 5.73 Å². The first-order chi connectivity index (χ1) is 8.40. The van der Waals surface area contributed by atoms with Gasteiger partial charge in [0.1, 0.15) is 0 Å². The number of hydrogen-bond donors (Lipinski definition) is 1. The van der Waals surface area contributed by atoms with E-state index in [1.807, 2.05) is 0 Å². The van der Waals surface area contributed by atoms with Gasteiger partial charge in [-0.1, -0.05) is 20.8 Å². The normalized spacial score (nSPS) is 40.3. The highest BCUT2D eigenvalue weighted by Gasteiger charge is 2.40. The lowest BCUT2D eigenvalue weighted by Gasteiger charge is -2.36. The Morgan fingerprint density at radius 1 is 1.11 bits per heavy atom. The van der Waals surface area contributed by atoms with Crippen LogP contribution in [0.4, 0.5) is 0 Å². The summed E-state index contributed by atoms with van der Waals surface area (Å²) >= 11 is 0. The molecule has 2 fully saturated rings. The molecule has 0 bridgehead atoms. The summed E-state index contributed by atoms with van der Waals surface area (Å²) in [5, 5.41) is 0. The van der Waals surface area contributed by atoms with Crippen LogP contribution in [0.15, 0.2) is 0 Å². The molecule has 0 aromatic heterocycles. The highest BCUT2D eigenvalue weighted by Crippen LogP contribution is 2.40. The molecule has 2 saturated carbocycles. The lowest BCUT2D eigenvalue weighted by Crippen LogP contribution is -2.44. The molecule has 0 aliphatic heterocycles. The fourth-order valence-corrected chi connectivity index (χ4v) is 3.95. The second-order valence-corrected chi connectivity index (χ2v) is 7.67. The quantitative estimate of drug-likeness (QED) is 0.835. The molecule has 2 unspecified atom stereocenters. The van der Waals surface area contributed by atoms with Gasteiger partial charge < -0.3 is 10.6 Å². The lowest BCUT2D eigenvalue weighted by atomic mass is 9.84. The van der Waals surface area contributed by atoms with Crippen molar-refractivity contribution in [3.8, 4) is 0 Å². The van der Waals surface area contributed by atoms with E-state index in [1.54, 1.807) is 0 Å². The first-order valence-corrected chi connectivity index (χ1v) is 7.86. The van der Waals surface area contributed by atoms with Gasteiger partial charge in [-0.05, 0) is 62.8 Å². The molecule has 0 spiro atoms. The van der Waals surface area contributed by atoms with Crippen LogP contribution in [0.3, 0.4) is 0 Å². The molecule has 0 radical (unpaired) electrons. The van der Waals surface area contributed by atoms with E-state index in [9.17, 15) is 0 Å². The molecule has 0 heterocycles. The second-order valence-electron chi connectivity index (χ2n) is 7.67. The summed E-state index contributed by atoms with van der Waals surface area (Å²) in [5.41, 5.74) is 6.78. The van der Waals surface area contributed by atoms with Gasteiger partial charge in [-0.15, -0.1) is 0 Å². The summed E-state index contributed by atoms with van der Waals surface area (Å²) in [7, 11) is 2.32. The van der Waals surface area contributed by atoms with E-state index in [1.165, 1.54) is 45.1 Å². The summed E-state index contributed by atoms with van der Waals surface area (Å²) < 4.78 is 0. The van der Waals surface area contributed by atoms with E-state index in [0.717, 1.165) is 12.0 Å². The van der Waals surface area contributed by atoms with Gasteiger partial charge in [-0.2, -0.15) is 0 Å². The standard InChI is InChI=1S/C16H32N2/c1-12-5-7-14(8-6-12)18(4)11-13-9-10-16(2,3)15(13)17/h12-15H,5-11,17H2,1-4H3. The molecule has 0 aromatic carbocycles. The van der Waals surface area contributed by atoms with Gasteiger partial charge in [0.05, 0.1) is 0 Å². The zero-order valence-corrected chi connectivity index (χ0v) is 12.8. The topological polar surface area (TPSA) is 29.3 Å². The van der Waals surface area contributed by atoms with E-state index in [2.05, 4.69) is 32.7 Å². The molecule has 2 nitrogen and oxygen atoms in total. The molecule has 0 aromatic rings. The zero-order valence-electron chi connectivity index (χ0n) is 12.8. The minimum absolute atomic E-state index is 0.354. The van der Waals surface area contributed by atoms with Crippen molar-refractivity contribution in [3.05, 3.63) is 0 Å². The molecular formula is C16H32N2. The minimum atomic E-state index is 0.354. The van der Waals surface area contributed by atoms with Crippen molar-refractivity contribution in [1.82, 2.24) is 4.90 Å². The van der Waals surface area contributed by atoms with Gasteiger partial charge in [-0.25, -0.2) is 0 Å². The largest absolute Gasteiger partial charge is 0.327 e. The molecule has 2 N–H and O–H groups in total. The first-order valence-electron chi connectivity index (χ1n) is 7.86. The van der Waals surface area contributed by atoms with E-state index in [0.29, 0.717) is 17.4 Å². The van der Waals surface area contributed by atoms with Gasteiger partial charge in [0, 0.05) is 18.6 Å². The van der Waals surface area contributed by atoms with Crippen molar-refractivity contribution in [2.75, 3.05) is 13.6 Å². The van der Waals surface area contributed by atoms with Gasteiger partial charge in [-0.3, -0.25) is 0 Å². The number of nitrogens with zero attached hydrogens (tertiary/aromatic N) is 1. The molecule has 0 amide bonds. The molecule has 2 atom stereocenters. The predicted molar refractivity (Wildman–Crippen MR) is 78.5 cm³/mol. The Labute approximate surface area is 113 Å². The molecule has 0 saturated heterocycles. The van der Waals surface area contributed by atoms with E-state index >= 15 is 0 Å². The highest BCUT2D eigenvalue weighted by molar-refractivity contribution is 4.95. The Bertz CT molecular complexity index is 266. The summed E-state index contributed by atoms with van der Waals surface area (Å²) in [6.07, 6.45) is 8.23. The Hall–Kier alpha value is -0.0800. The molecule has 2 aliphatic rings. The first kappa shape index (κ1) is 14.3. The Morgan fingerprint density at radius 3 is 2.22 bits per heavy atom. The molecule has 106 valence electrons. The lowest BCUT2D eigenvalue weighted by molar-refractivity contribution is 0.140. The molecule has 18 heavy (non-hydrogen) atoms. The van der Waals surface area contributed by atoms with Crippen molar-refractivity contribution < 1.29 is 0 Å². The highest BCUT2D eigenvalue weighted by atomic mass is 15.1. The molecule has 2 rings (SSSR count). The van der Waals surface area contributed by atoms with Crippen LogP contribution in [0.25, 0.3) is 0 Å². The third-order valence-corrected chi connectivity index (χ3v) is 5.70. The summed E-state index contributed by atoms with van der Waals surface area (Å²) in [6.45, 7) is 8.27. The number of hydrogen-bond acceptors (Lipinski definition) is 2. The predicted octanol–water partition coefficient (Wildman–Crippen LogP) is 3.26. The van der Waals surface area contributed by atoms with Crippen LogP contribution in [-0.2, 0) is 0 Å². The molecular weight excluding hydrogens is 220 g/mol. The minimum Gasteiger partial charge on any atom is -0.327 e. The summed E-state index contributed by atoms with van der Waals surface area (Å²) in [6, 6.07) is 1.21. The second kappa shape index (κ2) is 5.50. The average Bonchev–Trinajstić information content (AvgIpc) is 2.57. The molecule has 2 aliphatic carbocycles. The van der Waals surface area contributed by atoms with Gasteiger partial charge >= 0.3 is 0 Å². The monoisotopic (exact) mass is 252 g/mol. The zero-order chi connectivity index (χ0) is 13.3. The third-order valence-electron chi connectivity index (χ3n) is 5.70. The van der Waals surface area contributed by atoms with Gasteiger partial charge in [0.2, 0.25) is 0 Å². The SMILES string of the molecule is CC1CCC(N(C)CC2CCC(C)(C)C2N)CC1. The summed E-state index contributed by atoms with van der Waals surface area (Å²) in [5.74, 6) is 1.66.